The monoisotopic (exact) mass is 296 g/mol. The summed E-state index contributed by atoms with van der Waals surface area (Å²) in [5, 5.41) is 13.3. The lowest BCUT2D eigenvalue weighted by atomic mass is 10.1. The number of carbonyl (C=O) groups excluding carboxylic acids is 2. The molecule has 1 amide bonds. The van der Waals surface area contributed by atoms with Crippen molar-refractivity contribution in [2.45, 2.75) is 19.9 Å². The Morgan fingerprint density at radius 3 is 2.62 bits per heavy atom. The van der Waals surface area contributed by atoms with E-state index in [4.69, 9.17) is 9.47 Å². The number of nitro groups is 1. The standard InChI is InChI=1S/C13H16N2O6/c1-4-21-13(17)8(2)14-12(16)9-6-5-7-10(15(18)19)11(9)20-3/h5-8H,4H2,1-3H3,(H,14,16). The zero-order valence-corrected chi connectivity index (χ0v) is 11.9. The Morgan fingerprint density at radius 2 is 2.10 bits per heavy atom. The first-order valence-corrected chi connectivity index (χ1v) is 6.21. The maximum Gasteiger partial charge on any atom is 0.328 e. The van der Waals surface area contributed by atoms with Gasteiger partial charge >= 0.3 is 11.7 Å². The SMILES string of the molecule is CCOC(=O)C(C)NC(=O)c1cccc([N+](=O)[O-])c1OC. The van der Waals surface area contributed by atoms with Crippen LogP contribution >= 0.6 is 0 Å². The first-order chi connectivity index (χ1) is 9.92. The summed E-state index contributed by atoms with van der Waals surface area (Å²) in [4.78, 5) is 33.8. The van der Waals surface area contributed by atoms with Gasteiger partial charge in [0.25, 0.3) is 5.91 Å². The quantitative estimate of drug-likeness (QED) is 0.481. The Kier molecular flexibility index (Phi) is 5.65. The zero-order chi connectivity index (χ0) is 16.0. The second-order valence-electron chi connectivity index (χ2n) is 4.06. The van der Waals surface area contributed by atoms with Crippen molar-refractivity contribution in [2.75, 3.05) is 13.7 Å². The van der Waals surface area contributed by atoms with Gasteiger partial charge in [0.05, 0.1) is 24.2 Å². The molecule has 8 heteroatoms. The highest BCUT2D eigenvalue weighted by atomic mass is 16.6. The van der Waals surface area contributed by atoms with Crippen molar-refractivity contribution in [3.05, 3.63) is 33.9 Å². The van der Waals surface area contributed by atoms with Gasteiger partial charge < -0.3 is 14.8 Å². The first kappa shape index (κ1) is 16.4. The predicted molar refractivity (Wildman–Crippen MR) is 73.2 cm³/mol. The fourth-order valence-corrected chi connectivity index (χ4v) is 1.66. The molecule has 1 aromatic carbocycles. The Morgan fingerprint density at radius 1 is 1.43 bits per heavy atom. The Bertz CT molecular complexity index is 558. The van der Waals surface area contributed by atoms with E-state index < -0.39 is 22.8 Å². The van der Waals surface area contributed by atoms with Crippen LogP contribution in [0.4, 0.5) is 5.69 Å². The number of rotatable bonds is 6. The molecule has 21 heavy (non-hydrogen) atoms. The summed E-state index contributed by atoms with van der Waals surface area (Å²) in [5.41, 5.74) is -0.350. The van der Waals surface area contributed by atoms with Gasteiger partial charge in [-0.25, -0.2) is 4.79 Å². The molecular formula is C13H16N2O6. The topological polar surface area (TPSA) is 108 Å². The van der Waals surface area contributed by atoms with E-state index in [2.05, 4.69) is 5.32 Å². The second kappa shape index (κ2) is 7.22. The summed E-state index contributed by atoms with van der Waals surface area (Å²) in [5.74, 6) is -1.40. The lowest BCUT2D eigenvalue weighted by molar-refractivity contribution is -0.385. The van der Waals surface area contributed by atoms with Crippen molar-refractivity contribution in [3.63, 3.8) is 0 Å². The molecule has 0 heterocycles. The molecule has 0 radical (unpaired) electrons. The van der Waals surface area contributed by atoms with E-state index in [9.17, 15) is 19.7 Å². The van der Waals surface area contributed by atoms with Crippen molar-refractivity contribution in [1.82, 2.24) is 5.32 Å². The largest absolute Gasteiger partial charge is 0.490 e. The molecular weight excluding hydrogens is 280 g/mol. The smallest absolute Gasteiger partial charge is 0.328 e. The van der Waals surface area contributed by atoms with Crippen molar-refractivity contribution in [3.8, 4) is 5.75 Å². The van der Waals surface area contributed by atoms with Gasteiger partial charge in [-0.3, -0.25) is 14.9 Å². The third-order valence-corrected chi connectivity index (χ3v) is 2.63. The molecule has 0 aliphatic heterocycles. The van der Waals surface area contributed by atoms with Crippen LogP contribution < -0.4 is 10.1 Å². The van der Waals surface area contributed by atoms with Crippen LogP contribution in [0.3, 0.4) is 0 Å². The Balaban J connectivity index is 3.00. The van der Waals surface area contributed by atoms with Crippen LogP contribution in [0, 0.1) is 10.1 Å². The van der Waals surface area contributed by atoms with Gasteiger partial charge in [0.15, 0.2) is 0 Å². The van der Waals surface area contributed by atoms with Crippen LogP contribution in [-0.4, -0.2) is 36.6 Å². The number of ether oxygens (including phenoxy) is 2. The maximum atomic E-state index is 12.1. The number of esters is 1. The highest BCUT2D eigenvalue weighted by molar-refractivity contribution is 6.00. The zero-order valence-electron chi connectivity index (χ0n) is 11.9. The number of nitrogens with one attached hydrogen (secondary N) is 1. The minimum absolute atomic E-state index is 0.0251. The number of methoxy groups -OCH3 is 1. The minimum Gasteiger partial charge on any atom is -0.490 e. The lowest BCUT2D eigenvalue weighted by Gasteiger charge is -2.14. The summed E-state index contributed by atoms with van der Waals surface area (Å²) in [6.45, 7) is 3.30. The molecule has 0 saturated heterocycles. The number of hydrogen-bond acceptors (Lipinski definition) is 6. The van der Waals surface area contributed by atoms with Gasteiger partial charge in [-0.1, -0.05) is 6.07 Å². The number of nitro benzene ring substituents is 1. The molecule has 1 unspecified atom stereocenters. The fraction of sp³-hybridized carbons (Fsp3) is 0.385. The van der Waals surface area contributed by atoms with Gasteiger partial charge in [-0.05, 0) is 19.9 Å². The second-order valence-corrected chi connectivity index (χ2v) is 4.06. The molecule has 1 rings (SSSR count). The van der Waals surface area contributed by atoms with Crippen LogP contribution in [0.1, 0.15) is 24.2 Å². The number of nitrogens with zero attached hydrogens (tertiary/aromatic N) is 1. The van der Waals surface area contributed by atoms with E-state index >= 15 is 0 Å². The maximum absolute atomic E-state index is 12.1. The molecule has 0 aliphatic carbocycles. The summed E-state index contributed by atoms with van der Waals surface area (Å²) in [6.07, 6.45) is 0. The molecule has 0 spiro atoms. The third-order valence-electron chi connectivity index (χ3n) is 2.63. The van der Waals surface area contributed by atoms with Gasteiger partial charge in [0, 0.05) is 6.07 Å². The van der Waals surface area contributed by atoms with Crippen LogP contribution in [0.25, 0.3) is 0 Å². The van der Waals surface area contributed by atoms with Gasteiger partial charge in [0.1, 0.15) is 6.04 Å². The van der Waals surface area contributed by atoms with E-state index in [1.165, 1.54) is 32.2 Å². The third kappa shape index (κ3) is 3.91. The molecule has 1 N–H and O–H groups in total. The number of benzene rings is 1. The Labute approximate surface area is 121 Å². The molecule has 0 aromatic heterocycles. The number of para-hydroxylation sites is 1. The normalized spacial score (nSPS) is 11.4. The van der Waals surface area contributed by atoms with Crippen molar-refractivity contribution in [1.29, 1.82) is 0 Å². The molecule has 1 atom stereocenters. The van der Waals surface area contributed by atoms with Crippen LogP contribution in [0.5, 0.6) is 5.75 Å². The molecule has 0 fully saturated rings. The fourth-order valence-electron chi connectivity index (χ4n) is 1.66. The Hall–Kier alpha value is -2.64. The van der Waals surface area contributed by atoms with Crippen LogP contribution in [-0.2, 0) is 9.53 Å². The molecule has 0 aliphatic rings. The van der Waals surface area contributed by atoms with E-state index in [0.717, 1.165) is 0 Å². The van der Waals surface area contributed by atoms with Crippen molar-refractivity contribution >= 4 is 17.6 Å². The average Bonchev–Trinajstić information content (AvgIpc) is 2.46. The van der Waals surface area contributed by atoms with Gasteiger partial charge in [-0.15, -0.1) is 0 Å². The molecule has 8 nitrogen and oxygen atoms in total. The van der Waals surface area contributed by atoms with E-state index in [1.54, 1.807) is 6.92 Å². The number of carbonyl (C=O) groups is 2. The highest BCUT2D eigenvalue weighted by Gasteiger charge is 2.25. The van der Waals surface area contributed by atoms with Crippen LogP contribution in [0.15, 0.2) is 18.2 Å². The van der Waals surface area contributed by atoms with Crippen LogP contribution in [0.2, 0.25) is 0 Å². The summed E-state index contributed by atoms with van der Waals surface area (Å²) in [7, 11) is 1.23. The predicted octanol–water partition coefficient (Wildman–Crippen LogP) is 1.28. The summed E-state index contributed by atoms with van der Waals surface area (Å²) < 4.78 is 9.70. The average molecular weight is 296 g/mol. The van der Waals surface area contributed by atoms with Crippen molar-refractivity contribution in [2.24, 2.45) is 0 Å². The molecule has 0 saturated carbocycles. The highest BCUT2D eigenvalue weighted by Crippen LogP contribution is 2.30. The number of amides is 1. The van der Waals surface area contributed by atoms with Crippen molar-refractivity contribution < 1.29 is 24.0 Å². The van der Waals surface area contributed by atoms with Gasteiger partial charge in [-0.2, -0.15) is 0 Å². The minimum atomic E-state index is -0.874. The molecule has 1 aromatic rings. The first-order valence-electron chi connectivity index (χ1n) is 6.21. The molecule has 0 bridgehead atoms. The lowest BCUT2D eigenvalue weighted by Crippen LogP contribution is -2.39. The van der Waals surface area contributed by atoms with E-state index in [0.29, 0.717) is 0 Å². The van der Waals surface area contributed by atoms with E-state index in [1.807, 2.05) is 0 Å². The summed E-state index contributed by atoms with van der Waals surface area (Å²) in [6, 6.07) is 3.09. The van der Waals surface area contributed by atoms with Gasteiger partial charge in [0.2, 0.25) is 5.75 Å². The molecule has 114 valence electrons. The van der Waals surface area contributed by atoms with E-state index in [-0.39, 0.29) is 23.6 Å². The summed E-state index contributed by atoms with van der Waals surface area (Å²) >= 11 is 0. The number of hydrogen-bond donors (Lipinski definition) is 1.